The Morgan fingerprint density at radius 3 is 3.04 bits per heavy atom. The predicted molar refractivity (Wildman–Crippen MR) is 88.5 cm³/mol. The summed E-state index contributed by atoms with van der Waals surface area (Å²) in [4.78, 5) is 19.6. The van der Waals surface area contributed by atoms with Crippen LogP contribution in [0.3, 0.4) is 0 Å². The van der Waals surface area contributed by atoms with E-state index in [2.05, 4.69) is 20.2 Å². The molecular weight excluding hydrogens is 314 g/mol. The second kappa shape index (κ2) is 6.93. The van der Waals surface area contributed by atoms with E-state index in [0.717, 1.165) is 5.16 Å². The van der Waals surface area contributed by atoms with Crippen molar-refractivity contribution in [3.8, 4) is 0 Å². The van der Waals surface area contributed by atoms with E-state index in [0.29, 0.717) is 29.9 Å². The molecule has 3 rings (SSSR count). The molecule has 0 unspecified atom stereocenters. The molecule has 0 aliphatic carbocycles. The minimum Gasteiger partial charge on any atom is -0.383 e. The summed E-state index contributed by atoms with van der Waals surface area (Å²) in [5.74, 6) is 0.625. The third-order valence-corrected chi connectivity index (χ3v) is 4.52. The first kappa shape index (κ1) is 15.7. The molecule has 0 radical (unpaired) electrons. The van der Waals surface area contributed by atoms with E-state index in [9.17, 15) is 4.79 Å². The number of thioether (sulfide) groups is 1. The van der Waals surface area contributed by atoms with Gasteiger partial charge in [0.1, 0.15) is 12.2 Å². The zero-order valence-corrected chi connectivity index (χ0v) is 13.7. The number of hydrogen-bond acceptors (Lipinski definition) is 6. The molecule has 2 heterocycles. The van der Waals surface area contributed by atoms with E-state index < -0.39 is 0 Å². The summed E-state index contributed by atoms with van der Waals surface area (Å²) in [5.41, 5.74) is 0.568. The number of nitrogens with zero attached hydrogens (tertiary/aromatic N) is 4. The van der Waals surface area contributed by atoms with Crippen LogP contribution in [-0.2, 0) is 11.3 Å². The maximum atomic E-state index is 12.2. The quantitative estimate of drug-likeness (QED) is 0.696. The maximum absolute atomic E-state index is 12.2. The monoisotopic (exact) mass is 331 g/mol. The fourth-order valence-electron chi connectivity index (χ4n) is 2.19. The van der Waals surface area contributed by atoms with Gasteiger partial charge in [-0.25, -0.2) is 4.98 Å². The van der Waals surface area contributed by atoms with E-state index in [-0.39, 0.29) is 10.8 Å². The summed E-state index contributed by atoms with van der Waals surface area (Å²) < 4.78 is 7.00. The summed E-state index contributed by atoms with van der Waals surface area (Å²) in [6, 6.07) is 7.31. The van der Waals surface area contributed by atoms with Gasteiger partial charge in [-0.2, -0.15) is 0 Å². The summed E-state index contributed by atoms with van der Waals surface area (Å²) >= 11 is 1.50. The first-order valence-corrected chi connectivity index (χ1v) is 8.09. The Labute approximate surface area is 137 Å². The van der Waals surface area contributed by atoms with Crippen LogP contribution in [0.25, 0.3) is 10.9 Å². The predicted octanol–water partition coefficient (Wildman–Crippen LogP) is 2.01. The van der Waals surface area contributed by atoms with Gasteiger partial charge in [0.2, 0.25) is 0 Å². The molecule has 0 aliphatic rings. The number of aromatic amines is 1. The summed E-state index contributed by atoms with van der Waals surface area (Å²) in [6.07, 6.45) is 1.67. The SMILES string of the molecule is COCCn1cnnc1S[C@H](C)c1nc2ccccc2c(=O)[nH]1. The van der Waals surface area contributed by atoms with Crippen LogP contribution in [-0.4, -0.2) is 38.4 Å². The fourth-order valence-corrected chi connectivity index (χ4v) is 3.10. The maximum Gasteiger partial charge on any atom is 0.258 e. The molecule has 23 heavy (non-hydrogen) atoms. The number of para-hydroxylation sites is 1. The van der Waals surface area contributed by atoms with Crippen LogP contribution >= 0.6 is 11.8 Å². The molecule has 0 fully saturated rings. The fraction of sp³-hybridized carbons (Fsp3) is 0.333. The van der Waals surface area contributed by atoms with Crippen molar-refractivity contribution in [2.24, 2.45) is 0 Å². The second-order valence-corrected chi connectivity index (χ2v) is 6.34. The van der Waals surface area contributed by atoms with Crippen molar-refractivity contribution in [2.45, 2.75) is 23.9 Å². The highest BCUT2D eigenvalue weighted by atomic mass is 32.2. The molecule has 0 aliphatic heterocycles. The lowest BCUT2D eigenvalue weighted by Gasteiger charge is -2.11. The largest absolute Gasteiger partial charge is 0.383 e. The van der Waals surface area contributed by atoms with E-state index >= 15 is 0 Å². The lowest BCUT2D eigenvalue weighted by atomic mass is 10.2. The third kappa shape index (κ3) is 3.43. The molecule has 1 atom stereocenters. The zero-order valence-electron chi connectivity index (χ0n) is 12.9. The summed E-state index contributed by atoms with van der Waals surface area (Å²) in [5, 5.41) is 9.36. The van der Waals surface area contributed by atoms with Gasteiger partial charge in [0.15, 0.2) is 5.16 Å². The number of fused-ring (bicyclic) bond motifs is 1. The van der Waals surface area contributed by atoms with Crippen LogP contribution < -0.4 is 5.56 Å². The highest BCUT2D eigenvalue weighted by Crippen LogP contribution is 2.31. The minimum absolute atomic E-state index is 0.0576. The Hall–Kier alpha value is -2.19. The molecule has 0 amide bonds. The normalized spacial score (nSPS) is 12.6. The molecule has 0 spiro atoms. The molecule has 3 aromatic rings. The molecule has 0 bridgehead atoms. The molecule has 1 aromatic carbocycles. The van der Waals surface area contributed by atoms with E-state index in [1.807, 2.05) is 29.7 Å². The van der Waals surface area contributed by atoms with E-state index in [1.165, 1.54) is 11.8 Å². The first-order chi connectivity index (χ1) is 11.2. The Morgan fingerprint density at radius 1 is 1.39 bits per heavy atom. The summed E-state index contributed by atoms with van der Waals surface area (Å²) in [7, 11) is 1.66. The number of hydrogen-bond donors (Lipinski definition) is 1. The average molecular weight is 331 g/mol. The molecule has 0 saturated heterocycles. The Kier molecular flexibility index (Phi) is 4.73. The van der Waals surface area contributed by atoms with Gasteiger partial charge in [-0.3, -0.25) is 4.79 Å². The van der Waals surface area contributed by atoms with Gasteiger partial charge >= 0.3 is 0 Å². The lowest BCUT2D eigenvalue weighted by molar-refractivity contribution is 0.184. The van der Waals surface area contributed by atoms with Crippen molar-refractivity contribution >= 4 is 22.7 Å². The molecular formula is C15H17N5O2S. The third-order valence-electron chi connectivity index (χ3n) is 3.41. The van der Waals surface area contributed by atoms with E-state index in [1.54, 1.807) is 19.5 Å². The van der Waals surface area contributed by atoms with E-state index in [4.69, 9.17) is 4.74 Å². The number of ether oxygens (including phenoxy) is 1. The van der Waals surface area contributed by atoms with Crippen molar-refractivity contribution in [1.29, 1.82) is 0 Å². The Morgan fingerprint density at radius 2 is 2.22 bits per heavy atom. The van der Waals surface area contributed by atoms with Crippen LogP contribution in [0.2, 0.25) is 0 Å². The Bertz CT molecular complexity index is 860. The molecule has 120 valence electrons. The van der Waals surface area contributed by atoms with Crippen molar-refractivity contribution in [1.82, 2.24) is 24.7 Å². The second-order valence-electron chi connectivity index (χ2n) is 5.03. The molecule has 0 saturated carbocycles. The number of rotatable bonds is 6. The number of aromatic nitrogens is 5. The minimum atomic E-state index is -0.126. The van der Waals surface area contributed by atoms with Crippen LogP contribution in [0, 0.1) is 0 Å². The topological polar surface area (TPSA) is 85.7 Å². The van der Waals surface area contributed by atoms with Gasteiger partial charge in [0, 0.05) is 13.7 Å². The molecule has 8 heteroatoms. The number of benzene rings is 1. The smallest absolute Gasteiger partial charge is 0.258 e. The Balaban J connectivity index is 1.85. The van der Waals surface area contributed by atoms with Gasteiger partial charge < -0.3 is 14.3 Å². The summed E-state index contributed by atoms with van der Waals surface area (Å²) in [6.45, 7) is 3.25. The molecule has 2 aromatic heterocycles. The van der Waals surface area contributed by atoms with Gasteiger partial charge in [0.25, 0.3) is 5.56 Å². The lowest BCUT2D eigenvalue weighted by Crippen LogP contribution is -2.13. The van der Waals surface area contributed by atoms with Gasteiger partial charge in [-0.15, -0.1) is 10.2 Å². The number of nitrogens with one attached hydrogen (secondary N) is 1. The highest BCUT2D eigenvalue weighted by Gasteiger charge is 2.15. The van der Waals surface area contributed by atoms with Crippen molar-refractivity contribution < 1.29 is 4.74 Å². The molecule has 7 nitrogen and oxygen atoms in total. The zero-order chi connectivity index (χ0) is 16.2. The van der Waals surface area contributed by atoms with Gasteiger partial charge in [-0.1, -0.05) is 23.9 Å². The van der Waals surface area contributed by atoms with Crippen molar-refractivity contribution in [3.05, 3.63) is 46.8 Å². The van der Waals surface area contributed by atoms with Crippen LogP contribution in [0.5, 0.6) is 0 Å². The average Bonchev–Trinajstić information content (AvgIpc) is 3.00. The van der Waals surface area contributed by atoms with Crippen molar-refractivity contribution in [3.63, 3.8) is 0 Å². The highest BCUT2D eigenvalue weighted by molar-refractivity contribution is 7.99. The van der Waals surface area contributed by atoms with Gasteiger partial charge in [0.05, 0.1) is 22.8 Å². The standard InChI is InChI=1S/C15H17N5O2S/c1-10(23-15-19-16-9-20(15)7-8-22-2)13-17-12-6-4-3-5-11(12)14(21)18-13/h3-6,9-10H,7-8H2,1-2H3,(H,17,18,21)/t10-/m1/s1. The van der Waals surface area contributed by atoms with Crippen molar-refractivity contribution in [2.75, 3.05) is 13.7 Å². The van der Waals surface area contributed by atoms with Crippen LogP contribution in [0.15, 0.2) is 40.5 Å². The number of H-pyrrole nitrogens is 1. The van der Waals surface area contributed by atoms with Gasteiger partial charge in [-0.05, 0) is 19.1 Å². The molecule has 1 N–H and O–H groups in total. The first-order valence-electron chi connectivity index (χ1n) is 7.21. The van der Waals surface area contributed by atoms with Crippen LogP contribution in [0.1, 0.15) is 18.0 Å². The number of methoxy groups -OCH3 is 1. The van der Waals surface area contributed by atoms with Crippen LogP contribution in [0.4, 0.5) is 0 Å².